The first-order valence-electron chi connectivity index (χ1n) is 7.90. The third kappa shape index (κ3) is 6.76. The van der Waals surface area contributed by atoms with E-state index in [1.54, 1.807) is 0 Å². The quantitative estimate of drug-likeness (QED) is 0.822. The number of amides is 1. The summed E-state index contributed by atoms with van der Waals surface area (Å²) in [4.78, 5) is 13.0. The van der Waals surface area contributed by atoms with Gasteiger partial charge in [0, 0.05) is 12.3 Å². The van der Waals surface area contributed by atoms with Gasteiger partial charge in [-0.25, -0.2) is 0 Å². The van der Waals surface area contributed by atoms with Crippen LogP contribution in [0.4, 0.5) is 18.9 Å². The topological polar surface area (TPSA) is 52.0 Å². The van der Waals surface area contributed by atoms with Crippen LogP contribution in [0.3, 0.4) is 0 Å². The lowest BCUT2D eigenvalue weighted by molar-refractivity contribution is -0.874. The molecule has 1 aliphatic heterocycles. The second kappa shape index (κ2) is 8.34. The highest BCUT2D eigenvalue weighted by molar-refractivity contribution is 5.91. The first-order valence-corrected chi connectivity index (χ1v) is 7.90. The molecule has 0 saturated carbocycles. The van der Waals surface area contributed by atoms with Gasteiger partial charge in [-0.15, -0.1) is 13.2 Å². The molecule has 1 fully saturated rings. The smallest absolute Gasteiger partial charge is 0.406 e. The molecule has 2 rings (SSSR count). The van der Waals surface area contributed by atoms with E-state index in [-0.39, 0.29) is 24.3 Å². The van der Waals surface area contributed by atoms with Crippen LogP contribution in [0.15, 0.2) is 24.3 Å². The fourth-order valence-electron chi connectivity index (χ4n) is 2.65. The number of benzene rings is 1. The molecule has 1 aliphatic rings. The Morgan fingerprint density at radius 1 is 1.33 bits per heavy atom. The van der Waals surface area contributed by atoms with Gasteiger partial charge in [-0.2, -0.15) is 0 Å². The molecule has 1 aromatic rings. The number of carbonyl (C=O) groups excluding carboxylic acids is 1. The molecule has 1 saturated heterocycles. The summed E-state index contributed by atoms with van der Waals surface area (Å²) >= 11 is 0. The van der Waals surface area contributed by atoms with E-state index < -0.39 is 6.36 Å². The van der Waals surface area contributed by atoms with Crippen LogP contribution in [-0.2, 0) is 9.53 Å². The molecular weight excluding hydrogens is 325 g/mol. The van der Waals surface area contributed by atoms with Crippen LogP contribution >= 0.6 is 0 Å². The molecule has 2 atom stereocenters. The van der Waals surface area contributed by atoms with Gasteiger partial charge >= 0.3 is 6.36 Å². The van der Waals surface area contributed by atoms with Crippen molar-refractivity contribution in [2.24, 2.45) is 0 Å². The number of quaternary nitrogens is 1. The van der Waals surface area contributed by atoms with E-state index in [1.165, 1.54) is 12.1 Å². The Balaban J connectivity index is 1.76. The fraction of sp³-hybridized carbons (Fsp3) is 0.562. The Morgan fingerprint density at radius 3 is 2.62 bits per heavy atom. The van der Waals surface area contributed by atoms with Gasteiger partial charge in [0.25, 0.3) is 5.91 Å². The highest BCUT2D eigenvalue weighted by Crippen LogP contribution is 2.23. The van der Waals surface area contributed by atoms with Crippen molar-refractivity contribution in [3.05, 3.63) is 24.3 Å². The predicted octanol–water partition coefficient (Wildman–Crippen LogP) is 1.61. The first-order chi connectivity index (χ1) is 11.3. The lowest BCUT2D eigenvalue weighted by atomic mass is 10.1. The molecule has 1 heterocycles. The van der Waals surface area contributed by atoms with Crippen LogP contribution in [0.25, 0.3) is 0 Å². The molecule has 0 bridgehead atoms. The minimum Gasteiger partial charge on any atom is -0.406 e. The molecular formula is C16H22F3N2O3+. The standard InChI is InChI=1S/C16H21F3N2O3/c1-21(10-14-4-2-3-9-23-14)11-15(22)20-12-5-7-13(8-6-12)24-16(17,18)19/h5-8,14H,2-4,9-11H2,1H3,(H,20,22)/p+1/t14-/m1/s1. The van der Waals surface area contributed by atoms with Crippen molar-refractivity contribution in [3.63, 3.8) is 0 Å². The summed E-state index contributed by atoms with van der Waals surface area (Å²) in [5.74, 6) is -0.523. The monoisotopic (exact) mass is 347 g/mol. The van der Waals surface area contributed by atoms with E-state index in [4.69, 9.17) is 4.74 Å². The zero-order valence-electron chi connectivity index (χ0n) is 13.5. The minimum atomic E-state index is -4.72. The molecule has 1 amide bonds. The third-order valence-electron chi connectivity index (χ3n) is 3.68. The van der Waals surface area contributed by atoms with Crippen LogP contribution in [0.2, 0.25) is 0 Å². The van der Waals surface area contributed by atoms with Crippen LogP contribution in [0.1, 0.15) is 19.3 Å². The van der Waals surface area contributed by atoms with E-state index in [0.717, 1.165) is 49.4 Å². The molecule has 0 radical (unpaired) electrons. The maximum Gasteiger partial charge on any atom is 0.573 e. The highest BCUT2D eigenvalue weighted by atomic mass is 19.4. The van der Waals surface area contributed by atoms with Crippen molar-refractivity contribution in [2.75, 3.05) is 32.1 Å². The summed E-state index contributed by atoms with van der Waals surface area (Å²) in [7, 11) is 1.91. The molecule has 24 heavy (non-hydrogen) atoms. The number of nitrogens with one attached hydrogen (secondary N) is 2. The van der Waals surface area contributed by atoms with Gasteiger partial charge in [-0.1, -0.05) is 0 Å². The van der Waals surface area contributed by atoms with Gasteiger partial charge in [-0.3, -0.25) is 4.79 Å². The molecule has 1 unspecified atom stereocenters. The Labute approximate surface area is 138 Å². The van der Waals surface area contributed by atoms with Crippen molar-refractivity contribution < 1.29 is 32.3 Å². The zero-order valence-corrected chi connectivity index (χ0v) is 13.5. The van der Waals surface area contributed by atoms with Gasteiger partial charge in [0.1, 0.15) is 18.4 Å². The number of anilines is 1. The third-order valence-corrected chi connectivity index (χ3v) is 3.68. The average molecular weight is 347 g/mol. The Hall–Kier alpha value is -1.80. The number of likely N-dealkylation sites (N-methyl/N-ethyl adjacent to an activating group) is 1. The van der Waals surface area contributed by atoms with Crippen molar-refractivity contribution in [1.29, 1.82) is 0 Å². The predicted molar refractivity (Wildman–Crippen MR) is 82.0 cm³/mol. The number of ether oxygens (including phenoxy) is 2. The molecule has 1 aromatic carbocycles. The molecule has 8 heteroatoms. The number of carbonyl (C=O) groups is 1. The van der Waals surface area contributed by atoms with Crippen LogP contribution < -0.4 is 15.0 Å². The van der Waals surface area contributed by atoms with Gasteiger partial charge < -0.3 is 19.7 Å². The van der Waals surface area contributed by atoms with Crippen LogP contribution in [-0.4, -0.2) is 45.1 Å². The van der Waals surface area contributed by atoms with Crippen molar-refractivity contribution in [1.82, 2.24) is 0 Å². The summed E-state index contributed by atoms with van der Waals surface area (Å²) in [6.45, 7) is 1.79. The fourth-order valence-corrected chi connectivity index (χ4v) is 2.65. The summed E-state index contributed by atoms with van der Waals surface area (Å²) in [6.07, 6.45) is -1.29. The largest absolute Gasteiger partial charge is 0.573 e. The molecule has 0 aromatic heterocycles. The Kier molecular flexibility index (Phi) is 6.44. The van der Waals surface area contributed by atoms with Gasteiger partial charge in [-0.05, 0) is 43.5 Å². The van der Waals surface area contributed by atoms with Gasteiger partial charge in [0.15, 0.2) is 6.54 Å². The average Bonchev–Trinajstić information content (AvgIpc) is 2.48. The second-order valence-electron chi connectivity index (χ2n) is 5.95. The molecule has 2 N–H and O–H groups in total. The van der Waals surface area contributed by atoms with Crippen LogP contribution in [0, 0.1) is 0 Å². The van der Waals surface area contributed by atoms with E-state index in [2.05, 4.69) is 10.1 Å². The van der Waals surface area contributed by atoms with E-state index in [1.807, 2.05) is 7.05 Å². The number of hydrogen-bond acceptors (Lipinski definition) is 3. The number of alkyl halides is 3. The lowest BCUT2D eigenvalue weighted by Gasteiger charge is -2.25. The van der Waals surface area contributed by atoms with Crippen molar-refractivity contribution in [3.8, 4) is 5.75 Å². The maximum atomic E-state index is 12.1. The summed E-state index contributed by atoms with van der Waals surface area (Å²) in [5, 5.41) is 2.66. The zero-order chi connectivity index (χ0) is 17.6. The van der Waals surface area contributed by atoms with E-state index in [0.29, 0.717) is 5.69 Å². The minimum absolute atomic E-state index is 0.186. The Bertz CT molecular complexity index is 528. The Morgan fingerprint density at radius 2 is 2.04 bits per heavy atom. The SMILES string of the molecule is C[NH+](CC(=O)Nc1ccc(OC(F)(F)F)cc1)C[C@H]1CCCCO1. The van der Waals surface area contributed by atoms with Crippen molar-refractivity contribution >= 4 is 11.6 Å². The summed E-state index contributed by atoms with van der Waals surface area (Å²) < 4.78 is 45.7. The highest BCUT2D eigenvalue weighted by Gasteiger charge is 2.31. The van der Waals surface area contributed by atoms with E-state index >= 15 is 0 Å². The number of rotatable bonds is 6. The lowest BCUT2D eigenvalue weighted by Crippen LogP contribution is -3.11. The number of halogens is 3. The van der Waals surface area contributed by atoms with Crippen molar-refractivity contribution in [2.45, 2.75) is 31.7 Å². The second-order valence-corrected chi connectivity index (χ2v) is 5.95. The van der Waals surface area contributed by atoms with Gasteiger partial charge in [0.2, 0.25) is 0 Å². The number of hydrogen-bond donors (Lipinski definition) is 2. The molecule has 0 spiro atoms. The maximum absolute atomic E-state index is 12.1. The van der Waals surface area contributed by atoms with E-state index in [9.17, 15) is 18.0 Å². The molecule has 134 valence electrons. The van der Waals surface area contributed by atoms with Crippen LogP contribution in [0.5, 0.6) is 5.75 Å². The molecule has 5 nitrogen and oxygen atoms in total. The van der Waals surface area contributed by atoms with Gasteiger partial charge in [0.05, 0.1) is 7.05 Å². The first kappa shape index (κ1) is 18.5. The summed E-state index contributed by atoms with van der Waals surface area (Å²) in [5.41, 5.74) is 0.427. The summed E-state index contributed by atoms with van der Waals surface area (Å²) in [6, 6.07) is 5.07. The normalized spacial score (nSPS) is 19.6. The molecule has 0 aliphatic carbocycles.